The van der Waals surface area contributed by atoms with Crippen LogP contribution in [0.25, 0.3) is 0 Å². The van der Waals surface area contributed by atoms with E-state index in [-0.39, 0.29) is 5.91 Å². The zero-order chi connectivity index (χ0) is 13.9. The van der Waals surface area contributed by atoms with E-state index >= 15 is 0 Å². The van der Waals surface area contributed by atoms with Crippen molar-refractivity contribution in [1.82, 2.24) is 14.7 Å². The van der Waals surface area contributed by atoms with Gasteiger partial charge in [-0.2, -0.15) is 10.4 Å². The number of fused-ring (bicyclic) bond motifs is 1. The van der Waals surface area contributed by atoms with Gasteiger partial charge in [-0.25, -0.2) is 0 Å². The number of carbonyl (C=O) groups excluding carboxylic acids is 1. The molecule has 2 aliphatic rings. The van der Waals surface area contributed by atoms with E-state index in [1.54, 1.807) is 6.07 Å². The van der Waals surface area contributed by atoms with Crippen LogP contribution in [0.4, 0.5) is 0 Å². The number of rotatable bonds is 2. The molecule has 0 spiro atoms. The molecule has 20 heavy (non-hydrogen) atoms. The van der Waals surface area contributed by atoms with Crippen LogP contribution in [0.2, 0.25) is 0 Å². The predicted octanol–water partition coefficient (Wildman–Crippen LogP) is 0.914. The molecule has 1 fully saturated rings. The third-order valence-corrected chi connectivity index (χ3v) is 3.97. The summed E-state index contributed by atoms with van der Waals surface area (Å²) < 4.78 is 7.17. The van der Waals surface area contributed by atoms with Crippen molar-refractivity contribution in [2.75, 3.05) is 19.8 Å². The Balaban J connectivity index is 1.68. The molecule has 0 unspecified atom stereocenters. The molecule has 6 nitrogen and oxygen atoms in total. The number of amides is 1. The van der Waals surface area contributed by atoms with Gasteiger partial charge in [-0.3, -0.25) is 9.48 Å². The number of aryl methyl sites for hydroxylation is 1. The lowest BCUT2D eigenvalue weighted by Gasteiger charge is -2.21. The maximum absolute atomic E-state index is 12.4. The van der Waals surface area contributed by atoms with E-state index in [2.05, 4.69) is 11.2 Å². The van der Waals surface area contributed by atoms with Gasteiger partial charge in [-0.05, 0) is 24.8 Å². The highest BCUT2D eigenvalue weighted by Gasteiger charge is 2.25. The van der Waals surface area contributed by atoms with E-state index in [9.17, 15) is 4.79 Å². The van der Waals surface area contributed by atoms with Crippen LogP contribution in [0, 0.1) is 17.2 Å². The van der Waals surface area contributed by atoms with Crippen LogP contribution in [-0.4, -0.2) is 40.3 Å². The van der Waals surface area contributed by atoms with Gasteiger partial charge in [0.1, 0.15) is 6.07 Å². The molecule has 1 atom stereocenters. The average Bonchev–Trinajstić information content (AvgIpc) is 3.04. The van der Waals surface area contributed by atoms with Crippen LogP contribution in [0.5, 0.6) is 0 Å². The molecule has 0 N–H and O–H groups in total. The van der Waals surface area contributed by atoms with Crippen molar-refractivity contribution < 1.29 is 9.53 Å². The molecule has 1 amide bonds. The summed E-state index contributed by atoms with van der Waals surface area (Å²) >= 11 is 0. The fourth-order valence-electron chi connectivity index (χ4n) is 2.85. The Morgan fingerprint density at radius 2 is 2.45 bits per heavy atom. The summed E-state index contributed by atoms with van der Waals surface area (Å²) in [5.74, 6) is 0.555. The summed E-state index contributed by atoms with van der Waals surface area (Å²) in [5.41, 5.74) is 1.38. The van der Waals surface area contributed by atoms with E-state index in [0.717, 1.165) is 38.2 Å². The van der Waals surface area contributed by atoms with Crippen LogP contribution >= 0.6 is 0 Å². The van der Waals surface area contributed by atoms with Crippen LogP contribution < -0.4 is 0 Å². The number of carbonyl (C=O) groups is 1. The van der Waals surface area contributed by atoms with E-state index in [1.165, 1.54) is 0 Å². The van der Waals surface area contributed by atoms with Crippen molar-refractivity contribution in [2.24, 2.45) is 5.92 Å². The SMILES string of the molecule is N#Cc1cc2n(n1)CCCN(C(=O)C[C@@H]1CCOC1)C2. The number of nitrogens with zero attached hydrogens (tertiary/aromatic N) is 4. The summed E-state index contributed by atoms with van der Waals surface area (Å²) in [5, 5.41) is 13.1. The molecule has 0 radical (unpaired) electrons. The van der Waals surface area contributed by atoms with E-state index in [4.69, 9.17) is 10.00 Å². The lowest BCUT2D eigenvalue weighted by atomic mass is 10.0. The van der Waals surface area contributed by atoms with E-state index < -0.39 is 0 Å². The molecule has 1 aromatic heterocycles. The van der Waals surface area contributed by atoms with Gasteiger partial charge in [0.05, 0.1) is 12.2 Å². The standard InChI is InChI=1S/C14H18N4O2/c15-8-12-7-13-9-17(3-1-4-18(13)16-12)14(19)6-11-2-5-20-10-11/h7,11H,1-6,9-10H2/t11-/m0/s1. The fourth-order valence-corrected chi connectivity index (χ4v) is 2.85. The summed E-state index contributed by atoms with van der Waals surface area (Å²) in [6, 6.07) is 3.84. The van der Waals surface area contributed by atoms with E-state index in [1.807, 2.05) is 9.58 Å². The zero-order valence-electron chi connectivity index (χ0n) is 11.4. The summed E-state index contributed by atoms with van der Waals surface area (Å²) in [6.07, 6.45) is 2.43. The largest absolute Gasteiger partial charge is 0.381 e. The average molecular weight is 274 g/mol. The Labute approximate surface area is 117 Å². The van der Waals surface area contributed by atoms with Crippen LogP contribution in [0.15, 0.2) is 6.07 Å². The Morgan fingerprint density at radius 3 is 3.20 bits per heavy atom. The first-order valence-corrected chi connectivity index (χ1v) is 7.08. The normalized spacial score (nSPS) is 22.1. The van der Waals surface area contributed by atoms with Crippen LogP contribution in [0.1, 0.15) is 30.7 Å². The molecule has 106 valence electrons. The van der Waals surface area contributed by atoms with Crippen molar-refractivity contribution >= 4 is 5.91 Å². The van der Waals surface area contributed by atoms with Gasteiger partial charge in [-0.1, -0.05) is 0 Å². The maximum atomic E-state index is 12.4. The molecule has 1 aromatic rings. The Bertz CT molecular complexity index is 540. The summed E-state index contributed by atoms with van der Waals surface area (Å²) in [7, 11) is 0. The zero-order valence-corrected chi connectivity index (χ0v) is 11.4. The molecule has 0 bridgehead atoms. The summed E-state index contributed by atoms with van der Waals surface area (Å²) in [4.78, 5) is 14.3. The summed E-state index contributed by atoms with van der Waals surface area (Å²) in [6.45, 7) is 3.57. The Morgan fingerprint density at radius 1 is 1.55 bits per heavy atom. The second-order valence-electron chi connectivity index (χ2n) is 5.46. The predicted molar refractivity (Wildman–Crippen MR) is 70.5 cm³/mol. The number of hydrogen-bond donors (Lipinski definition) is 0. The molecule has 0 saturated carbocycles. The Kier molecular flexibility index (Phi) is 3.70. The fraction of sp³-hybridized carbons (Fsp3) is 0.643. The maximum Gasteiger partial charge on any atom is 0.223 e. The third kappa shape index (κ3) is 2.68. The molecule has 3 heterocycles. The third-order valence-electron chi connectivity index (χ3n) is 3.97. The number of aromatic nitrogens is 2. The quantitative estimate of drug-likeness (QED) is 0.803. The molecule has 6 heteroatoms. The van der Waals surface area contributed by atoms with Crippen molar-refractivity contribution in [1.29, 1.82) is 5.26 Å². The minimum absolute atomic E-state index is 0.189. The first-order chi connectivity index (χ1) is 9.76. The molecule has 1 saturated heterocycles. The monoisotopic (exact) mass is 274 g/mol. The Hall–Kier alpha value is -1.87. The van der Waals surface area contributed by atoms with Crippen molar-refractivity contribution in [3.8, 4) is 6.07 Å². The van der Waals surface area contributed by atoms with Crippen molar-refractivity contribution in [3.63, 3.8) is 0 Å². The van der Waals surface area contributed by atoms with Gasteiger partial charge < -0.3 is 9.64 Å². The van der Waals surface area contributed by atoms with Gasteiger partial charge in [0, 0.05) is 32.7 Å². The minimum atomic E-state index is 0.189. The van der Waals surface area contributed by atoms with Gasteiger partial charge >= 0.3 is 0 Å². The van der Waals surface area contributed by atoms with Gasteiger partial charge in [0.2, 0.25) is 5.91 Å². The highest BCUT2D eigenvalue weighted by Crippen LogP contribution is 2.20. The smallest absolute Gasteiger partial charge is 0.223 e. The minimum Gasteiger partial charge on any atom is -0.381 e. The molecule has 3 rings (SSSR count). The first-order valence-electron chi connectivity index (χ1n) is 7.08. The number of ether oxygens (including phenoxy) is 1. The van der Waals surface area contributed by atoms with Gasteiger partial charge in [0.25, 0.3) is 0 Å². The highest BCUT2D eigenvalue weighted by atomic mass is 16.5. The van der Waals surface area contributed by atoms with E-state index in [0.29, 0.717) is 31.2 Å². The second-order valence-corrected chi connectivity index (χ2v) is 5.46. The second kappa shape index (κ2) is 5.63. The van der Waals surface area contributed by atoms with Crippen molar-refractivity contribution in [3.05, 3.63) is 17.5 Å². The first kappa shape index (κ1) is 13.1. The van der Waals surface area contributed by atoms with Crippen LogP contribution in [0.3, 0.4) is 0 Å². The highest BCUT2D eigenvalue weighted by molar-refractivity contribution is 5.76. The van der Waals surface area contributed by atoms with Gasteiger partial charge in [-0.15, -0.1) is 0 Å². The lowest BCUT2D eigenvalue weighted by molar-refractivity contribution is -0.132. The number of hydrogen-bond acceptors (Lipinski definition) is 4. The lowest BCUT2D eigenvalue weighted by Crippen LogP contribution is -2.32. The van der Waals surface area contributed by atoms with Crippen molar-refractivity contribution in [2.45, 2.75) is 32.4 Å². The van der Waals surface area contributed by atoms with Crippen LogP contribution in [-0.2, 0) is 22.6 Å². The number of nitriles is 1. The molecular formula is C14H18N4O2. The molecule has 0 aromatic carbocycles. The topological polar surface area (TPSA) is 71.2 Å². The van der Waals surface area contributed by atoms with Gasteiger partial charge in [0.15, 0.2) is 5.69 Å². The molecule has 0 aliphatic carbocycles. The molecular weight excluding hydrogens is 256 g/mol. The molecule has 2 aliphatic heterocycles.